The van der Waals surface area contributed by atoms with Gasteiger partial charge in [0, 0.05) is 5.39 Å². The molecule has 1 aromatic heterocycles. The SMILES string of the molecule is CCCC(CO)Nc1nc(N)nc2cc(C(=O)OC)ccc12. The Morgan fingerprint density at radius 1 is 1.45 bits per heavy atom. The predicted octanol–water partition coefficient (Wildman–Crippen LogP) is 1.57. The maximum atomic E-state index is 11.6. The molecule has 1 aromatic carbocycles. The van der Waals surface area contributed by atoms with Crippen LogP contribution in [0.4, 0.5) is 11.8 Å². The first kappa shape index (κ1) is 16.0. The number of aliphatic hydroxyl groups is 1. The number of aromatic nitrogens is 2. The van der Waals surface area contributed by atoms with Crippen LogP contribution in [0.2, 0.25) is 0 Å². The van der Waals surface area contributed by atoms with E-state index in [-0.39, 0.29) is 18.6 Å². The van der Waals surface area contributed by atoms with Crippen molar-refractivity contribution in [3.8, 4) is 0 Å². The highest BCUT2D eigenvalue weighted by molar-refractivity contribution is 5.97. The van der Waals surface area contributed by atoms with Gasteiger partial charge in [-0.25, -0.2) is 9.78 Å². The van der Waals surface area contributed by atoms with E-state index in [1.807, 2.05) is 6.92 Å². The number of nitrogens with zero attached hydrogens (tertiary/aromatic N) is 2. The zero-order valence-electron chi connectivity index (χ0n) is 12.7. The molecule has 0 fully saturated rings. The molecule has 118 valence electrons. The van der Waals surface area contributed by atoms with Crippen molar-refractivity contribution in [3.63, 3.8) is 0 Å². The summed E-state index contributed by atoms with van der Waals surface area (Å²) >= 11 is 0. The average Bonchev–Trinajstić information content (AvgIpc) is 2.52. The molecule has 7 nitrogen and oxygen atoms in total. The van der Waals surface area contributed by atoms with E-state index in [0.29, 0.717) is 16.9 Å². The topological polar surface area (TPSA) is 110 Å². The number of anilines is 2. The number of benzene rings is 1. The summed E-state index contributed by atoms with van der Waals surface area (Å²) in [5.74, 6) is 0.212. The molecule has 0 amide bonds. The van der Waals surface area contributed by atoms with E-state index < -0.39 is 5.97 Å². The fourth-order valence-corrected chi connectivity index (χ4v) is 2.25. The maximum Gasteiger partial charge on any atom is 0.337 e. The molecule has 0 aliphatic rings. The largest absolute Gasteiger partial charge is 0.465 e. The van der Waals surface area contributed by atoms with E-state index in [4.69, 9.17) is 10.5 Å². The summed E-state index contributed by atoms with van der Waals surface area (Å²) in [5.41, 5.74) is 6.68. The molecule has 0 radical (unpaired) electrons. The molecule has 22 heavy (non-hydrogen) atoms. The van der Waals surface area contributed by atoms with Crippen molar-refractivity contribution in [3.05, 3.63) is 23.8 Å². The van der Waals surface area contributed by atoms with Crippen LogP contribution in [-0.2, 0) is 4.74 Å². The number of hydrogen-bond acceptors (Lipinski definition) is 7. The highest BCUT2D eigenvalue weighted by Gasteiger charge is 2.13. The summed E-state index contributed by atoms with van der Waals surface area (Å²) in [5, 5.41) is 13.3. The van der Waals surface area contributed by atoms with Crippen LogP contribution in [0.5, 0.6) is 0 Å². The number of methoxy groups -OCH3 is 1. The molecule has 1 unspecified atom stereocenters. The normalized spacial score (nSPS) is 12.1. The Morgan fingerprint density at radius 2 is 2.23 bits per heavy atom. The summed E-state index contributed by atoms with van der Waals surface area (Å²) in [7, 11) is 1.32. The van der Waals surface area contributed by atoms with Crippen LogP contribution in [0.3, 0.4) is 0 Å². The van der Waals surface area contributed by atoms with Crippen molar-refractivity contribution in [2.75, 3.05) is 24.8 Å². The number of nitrogens with one attached hydrogen (secondary N) is 1. The maximum absolute atomic E-state index is 11.6. The molecule has 7 heteroatoms. The van der Waals surface area contributed by atoms with Gasteiger partial charge in [-0.15, -0.1) is 0 Å². The number of carbonyl (C=O) groups excluding carboxylic acids is 1. The van der Waals surface area contributed by atoms with Gasteiger partial charge >= 0.3 is 5.97 Å². The van der Waals surface area contributed by atoms with Gasteiger partial charge in [0.15, 0.2) is 0 Å². The number of aliphatic hydroxyl groups excluding tert-OH is 1. The molecule has 4 N–H and O–H groups in total. The highest BCUT2D eigenvalue weighted by atomic mass is 16.5. The first-order valence-corrected chi connectivity index (χ1v) is 7.12. The van der Waals surface area contributed by atoms with Gasteiger partial charge in [-0.05, 0) is 24.6 Å². The van der Waals surface area contributed by atoms with Gasteiger partial charge in [-0.1, -0.05) is 13.3 Å². The molecule has 0 saturated carbocycles. The van der Waals surface area contributed by atoms with Crippen LogP contribution >= 0.6 is 0 Å². The van der Waals surface area contributed by atoms with Gasteiger partial charge in [-0.3, -0.25) is 0 Å². The molecule has 2 rings (SSSR count). The summed E-state index contributed by atoms with van der Waals surface area (Å²) in [6.45, 7) is 2.04. The molecular weight excluding hydrogens is 284 g/mol. The van der Waals surface area contributed by atoms with Crippen molar-refractivity contribution in [1.29, 1.82) is 0 Å². The summed E-state index contributed by atoms with van der Waals surface area (Å²) in [6.07, 6.45) is 1.74. The van der Waals surface area contributed by atoms with Gasteiger partial charge in [0.05, 0.1) is 30.8 Å². The van der Waals surface area contributed by atoms with Crippen LogP contribution in [-0.4, -0.2) is 40.8 Å². The second-order valence-electron chi connectivity index (χ2n) is 4.97. The van der Waals surface area contributed by atoms with Crippen LogP contribution in [0.25, 0.3) is 10.9 Å². The standard InChI is InChI=1S/C15H20N4O3/c1-3-4-10(8-20)17-13-11-6-5-9(14(21)22-2)7-12(11)18-15(16)19-13/h5-7,10,20H,3-4,8H2,1-2H3,(H3,16,17,18,19). The summed E-state index contributed by atoms with van der Waals surface area (Å²) < 4.78 is 4.70. The van der Waals surface area contributed by atoms with Gasteiger partial charge in [0.1, 0.15) is 5.82 Å². The molecule has 0 aliphatic carbocycles. The van der Waals surface area contributed by atoms with E-state index in [2.05, 4.69) is 15.3 Å². The quantitative estimate of drug-likeness (QED) is 0.695. The van der Waals surface area contributed by atoms with E-state index in [0.717, 1.165) is 18.2 Å². The second-order valence-corrected chi connectivity index (χ2v) is 4.97. The fourth-order valence-electron chi connectivity index (χ4n) is 2.25. The summed E-state index contributed by atoms with van der Waals surface area (Å²) in [4.78, 5) is 19.9. The Kier molecular flexibility index (Phi) is 5.11. The van der Waals surface area contributed by atoms with E-state index in [1.54, 1.807) is 18.2 Å². The van der Waals surface area contributed by atoms with Gasteiger partial charge in [-0.2, -0.15) is 4.98 Å². The van der Waals surface area contributed by atoms with Crippen molar-refractivity contribution in [2.24, 2.45) is 0 Å². The van der Waals surface area contributed by atoms with Crippen LogP contribution in [0.1, 0.15) is 30.1 Å². The third-order valence-electron chi connectivity index (χ3n) is 3.33. The van der Waals surface area contributed by atoms with E-state index in [1.165, 1.54) is 7.11 Å². The third kappa shape index (κ3) is 3.43. The van der Waals surface area contributed by atoms with E-state index in [9.17, 15) is 9.90 Å². The Balaban J connectivity index is 2.44. The molecule has 0 spiro atoms. The lowest BCUT2D eigenvalue weighted by atomic mass is 10.1. The van der Waals surface area contributed by atoms with Gasteiger partial charge in [0.25, 0.3) is 0 Å². The Labute approximate surface area is 128 Å². The molecule has 1 atom stereocenters. The van der Waals surface area contributed by atoms with Crippen LogP contribution in [0.15, 0.2) is 18.2 Å². The van der Waals surface area contributed by atoms with Crippen molar-refractivity contribution in [1.82, 2.24) is 9.97 Å². The number of nitrogen functional groups attached to an aromatic ring is 1. The monoisotopic (exact) mass is 304 g/mol. The lowest BCUT2D eigenvalue weighted by Gasteiger charge is -2.17. The van der Waals surface area contributed by atoms with Crippen LogP contribution < -0.4 is 11.1 Å². The molecule has 0 saturated heterocycles. The summed E-state index contributed by atoms with van der Waals surface area (Å²) in [6, 6.07) is 4.89. The molecule has 0 aliphatic heterocycles. The van der Waals surface area contributed by atoms with Gasteiger partial charge in [0.2, 0.25) is 5.95 Å². The predicted molar refractivity (Wildman–Crippen MR) is 84.7 cm³/mol. The third-order valence-corrected chi connectivity index (χ3v) is 3.33. The Morgan fingerprint density at radius 3 is 2.86 bits per heavy atom. The minimum atomic E-state index is -0.437. The number of nitrogens with two attached hydrogens (primary N) is 1. The fraction of sp³-hybridized carbons (Fsp3) is 0.400. The molecule has 2 aromatic rings. The van der Waals surface area contributed by atoms with Crippen molar-refractivity contribution in [2.45, 2.75) is 25.8 Å². The minimum Gasteiger partial charge on any atom is -0.465 e. The Hall–Kier alpha value is -2.41. The lowest BCUT2D eigenvalue weighted by molar-refractivity contribution is 0.0601. The number of ether oxygens (including phenoxy) is 1. The van der Waals surface area contributed by atoms with Crippen molar-refractivity contribution < 1.29 is 14.6 Å². The zero-order chi connectivity index (χ0) is 16.1. The lowest BCUT2D eigenvalue weighted by Crippen LogP contribution is -2.24. The van der Waals surface area contributed by atoms with E-state index >= 15 is 0 Å². The molecule has 1 heterocycles. The number of carbonyl (C=O) groups is 1. The Bertz CT molecular complexity index is 675. The second kappa shape index (κ2) is 7.04. The smallest absolute Gasteiger partial charge is 0.337 e. The number of fused-ring (bicyclic) bond motifs is 1. The zero-order valence-corrected chi connectivity index (χ0v) is 12.7. The van der Waals surface area contributed by atoms with Crippen LogP contribution in [0, 0.1) is 0 Å². The highest BCUT2D eigenvalue weighted by Crippen LogP contribution is 2.24. The number of hydrogen-bond donors (Lipinski definition) is 3. The number of rotatable bonds is 6. The molecule has 0 bridgehead atoms. The number of esters is 1. The van der Waals surface area contributed by atoms with Crippen molar-refractivity contribution >= 4 is 28.6 Å². The van der Waals surface area contributed by atoms with Gasteiger partial charge < -0.3 is 20.9 Å². The first-order valence-electron chi connectivity index (χ1n) is 7.12. The molecular formula is C15H20N4O3. The average molecular weight is 304 g/mol. The first-order chi connectivity index (χ1) is 10.6. The minimum absolute atomic E-state index is 0.000511.